The lowest BCUT2D eigenvalue weighted by molar-refractivity contribution is 0.0693. The van der Waals surface area contributed by atoms with E-state index < -0.39 is 11.7 Å². The molecule has 13 heavy (non-hydrogen) atoms. The molecule has 0 spiro atoms. The average molecular weight is 178 g/mol. The maximum atomic E-state index is 10.5. The zero-order chi connectivity index (χ0) is 10.0. The van der Waals surface area contributed by atoms with Crippen molar-refractivity contribution in [2.45, 2.75) is 0 Å². The lowest BCUT2D eigenvalue weighted by atomic mass is 10.1. The first-order valence-electron chi connectivity index (χ1n) is 3.32. The normalized spacial score (nSPS) is 9.15. The molecule has 0 fully saturated rings. The van der Waals surface area contributed by atoms with Gasteiger partial charge in [0.25, 0.3) is 0 Å². The molecule has 0 saturated carbocycles. The molecular formula is C8H6N2O3. The molecule has 0 unspecified atom stereocenters. The molecule has 0 aliphatic carbocycles. The number of carbonyl (C=O) groups is 1. The second kappa shape index (κ2) is 3.03. The van der Waals surface area contributed by atoms with Crippen LogP contribution in [0, 0.1) is 11.3 Å². The number of hydrogen-bond donors (Lipinski definition) is 3. The molecule has 66 valence electrons. The number of nitrogens with zero attached hydrogens (tertiary/aromatic N) is 1. The zero-order valence-corrected chi connectivity index (χ0v) is 6.48. The molecule has 0 aliphatic rings. The number of carboxylic acid groups (broad SMARTS) is 1. The quantitative estimate of drug-likeness (QED) is 0.544. The third kappa shape index (κ3) is 1.37. The van der Waals surface area contributed by atoms with E-state index in [1.807, 2.05) is 0 Å². The summed E-state index contributed by atoms with van der Waals surface area (Å²) in [5, 5.41) is 26.3. The number of nitrogen functional groups attached to an aromatic ring is 1. The van der Waals surface area contributed by atoms with Crippen molar-refractivity contribution >= 4 is 11.7 Å². The van der Waals surface area contributed by atoms with Gasteiger partial charge in [0, 0.05) is 0 Å². The monoisotopic (exact) mass is 178 g/mol. The average Bonchev–Trinajstić information content (AvgIpc) is 2.04. The van der Waals surface area contributed by atoms with E-state index in [0.29, 0.717) is 0 Å². The van der Waals surface area contributed by atoms with E-state index >= 15 is 0 Å². The molecule has 0 heterocycles. The molecule has 5 heteroatoms. The Hall–Kier alpha value is -2.22. The molecule has 0 radical (unpaired) electrons. The van der Waals surface area contributed by atoms with Gasteiger partial charge in [-0.2, -0.15) is 5.26 Å². The number of phenols is 1. The number of nitriles is 1. The van der Waals surface area contributed by atoms with Gasteiger partial charge >= 0.3 is 5.97 Å². The minimum atomic E-state index is -1.30. The van der Waals surface area contributed by atoms with Gasteiger partial charge in [-0.15, -0.1) is 0 Å². The minimum absolute atomic E-state index is 0.0602. The Morgan fingerprint density at radius 3 is 2.62 bits per heavy atom. The number of nitrogens with two attached hydrogens (primary N) is 1. The summed E-state index contributed by atoms with van der Waals surface area (Å²) in [5.74, 6) is -1.89. The van der Waals surface area contributed by atoms with Gasteiger partial charge in [-0.05, 0) is 12.1 Å². The smallest absolute Gasteiger partial charge is 0.339 e. The fourth-order valence-electron chi connectivity index (χ4n) is 0.897. The standard InChI is InChI=1S/C8H6N2O3/c9-3-5-6(10)2-1-4(7(5)11)8(12)13/h1-2,11H,10H2,(H,12,13). The minimum Gasteiger partial charge on any atom is -0.506 e. The van der Waals surface area contributed by atoms with Gasteiger partial charge < -0.3 is 15.9 Å². The van der Waals surface area contributed by atoms with Gasteiger partial charge in [0.1, 0.15) is 22.9 Å². The van der Waals surface area contributed by atoms with Crippen molar-refractivity contribution in [2.24, 2.45) is 0 Å². The van der Waals surface area contributed by atoms with E-state index in [4.69, 9.17) is 16.1 Å². The van der Waals surface area contributed by atoms with Crippen molar-refractivity contribution in [2.75, 3.05) is 5.73 Å². The molecule has 0 aromatic heterocycles. The highest BCUT2D eigenvalue weighted by Crippen LogP contribution is 2.26. The van der Waals surface area contributed by atoms with Crippen LogP contribution in [-0.2, 0) is 0 Å². The molecule has 4 N–H and O–H groups in total. The number of rotatable bonds is 1. The fourth-order valence-corrected chi connectivity index (χ4v) is 0.897. The van der Waals surface area contributed by atoms with Crippen LogP contribution >= 0.6 is 0 Å². The van der Waals surface area contributed by atoms with Gasteiger partial charge in [-0.1, -0.05) is 0 Å². The number of hydrogen-bond acceptors (Lipinski definition) is 4. The van der Waals surface area contributed by atoms with E-state index in [1.165, 1.54) is 6.07 Å². The molecule has 0 amide bonds. The van der Waals surface area contributed by atoms with Crippen molar-refractivity contribution in [1.82, 2.24) is 0 Å². The Balaban J connectivity index is 3.47. The van der Waals surface area contributed by atoms with Crippen LogP contribution in [0.5, 0.6) is 5.75 Å². The second-order valence-corrected chi connectivity index (χ2v) is 2.34. The number of anilines is 1. The summed E-state index contributed by atoms with van der Waals surface area (Å²) in [7, 11) is 0. The summed E-state index contributed by atoms with van der Waals surface area (Å²) in [6.45, 7) is 0. The van der Waals surface area contributed by atoms with Crippen molar-refractivity contribution in [3.05, 3.63) is 23.3 Å². The van der Waals surface area contributed by atoms with Crippen molar-refractivity contribution in [1.29, 1.82) is 5.26 Å². The van der Waals surface area contributed by atoms with E-state index in [2.05, 4.69) is 0 Å². The number of aromatic hydroxyl groups is 1. The summed E-state index contributed by atoms with van der Waals surface area (Å²) in [4.78, 5) is 10.5. The Morgan fingerprint density at radius 2 is 2.15 bits per heavy atom. The number of aromatic carboxylic acids is 1. The molecule has 0 aliphatic heterocycles. The molecule has 1 aromatic carbocycles. The van der Waals surface area contributed by atoms with Crippen LogP contribution in [0.15, 0.2) is 12.1 Å². The predicted octanol–water partition coefficient (Wildman–Crippen LogP) is 0.544. The fraction of sp³-hybridized carbons (Fsp3) is 0. The molecule has 1 rings (SSSR count). The topological polar surface area (TPSA) is 107 Å². The van der Waals surface area contributed by atoms with Gasteiger partial charge in [0.15, 0.2) is 0 Å². The summed E-state index contributed by atoms with van der Waals surface area (Å²) >= 11 is 0. The molecule has 1 aromatic rings. The first-order valence-corrected chi connectivity index (χ1v) is 3.32. The van der Waals surface area contributed by atoms with Crippen LogP contribution in [0.25, 0.3) is 0 Å². The van der Waals surface area contributed by atoms with Gasteiger partial charge in [-0.3, -0.25) is 0 Å². The van der Waals surface area contributed by atoms with Crippen molar-refractivity contribution in [3.8, 4) is 11.8 Å². The molecule has 0 bridgehead atoms. The summed E-state index contributed by atoms with van der Waals surface area (Å²) in [5.41, 5.74) is 4.85. The highest BCUT2D eigenvalue weighted by molar-refractivity contribution is 5.92. The predicted molar refractivity (Wildman–Crippen MR) is 44.2 cm³/mol. The maximum Gasteiger partial charge on any atom is 0.339 e. The third-order valence-corrected chi connectivity index (χ3v) is 1.55. The lowest BCUT2D eigenvalue weighted by Gasteiger charge is -2.03. The Bertz CT molecular complexity index is 407. The van der Waals surface area contributed by atoms with E-state index in [-0.39, 0.29) is 16.8 Å². The van der Waals surface area contributed by atoms with Crippen LogP contribution in [0.3, 0.4) is 0 Å². The van der Waals surface area contributed by atoms with Crippen LogP contribution < -0.4 is 5.73 Å². The zero-order valence-electron chi connectivity index (χ0n) is 6.48. The summed E-state index contributed by atoms with van der Waals surface area (Å²) in [6, 6.07) is 4.03. The lowest BCUT2D eigenvalue weighted by Crippen LogP contribution is -2.00. The second-order valence-electron chi connectivity index (χ2n) is 2.34. The molecule has 0 atom stereocenters. The van der Waals surface area contributed by atoms with E-state index in [0.717, 1.165) is 6.07 Å². The third-order valence-electron chi connectivity index (χ3n) is 1.55. The Labute approximate surface area is 73.6 Å². The Kier molecular flexibility index (Phi) is 2.07. The van der Waals surface area contributed by atoms with Crippen LogP contribution in [-0.4, -0.2) is 16.2 Å². The number of benzene rings is 1. The van der Waals surface area contributed by atoms with Crippen LogP contribution in [0.4, 0.5) is 5.69 Å². The van der Waals surface area contributed by atoms with Crippen LogP contribution in [0.1, 0.15) is 15.9 Å². The van der Waals surface area contributed by atoms with Gasteiger partial charge in [-0.25, -0.2) is 4.79 Å². The van der Waals surface area contributed by atoms with Gasteiger partial charge in [0.2, 0.25) is 0 Å². The van der Waals surface area contributed by atoms with E-state index in [9.17, 15) is 9.90 Å². The van der Waals surface area contributed by atoms with E-state index in [1.54, 1.807) is 6.07 Å². The van der Waals surface area contributed by atoms with Crippen molar-refractivity contribution < 1.29 is 15.0 Å². The summed E-state index contributed by atoms with van der Waals surface area (Å²) in [6.07, 6.45) is 0. The number of carboxylic acids is 1. The summed E-state index contributed by atoms with van der Waals surface area (Å²) < 4.78 is 0. The van der Waals surface area contributed by atoms with Gasteiger partial charge in [0.05, 0.1) is 5.69 Å². The first-order chi connectivity index (χ1) is 6.07. The highest BCUT2D eigenvalue weighted by Gasteiger charge is 2.15. The first kappa shape index (κ1) is 8.87. The largest absolute Gasteiger partial charge is 0.506 e. The SMILES string of the molecule is N#Cc1c(N)ccc(C(=O)O)c1O. The maximum absolute atomic E-state index is 10.5. The molecular weight excluding hydrogens is 172 g/mol. The molecule has 0 saturated heterocycles. The van der Waals surface area contributed by atoms with Crippen LogP contribution in [0.2, 0.25) is 0 Å². The highest BCUT2D eigenvalue weighted by atomic mass is 16.4. The van der Waals surface area contributed by atoms with Crippen molar-refractivity contribution in [3.63, 3.8) is 0 Å². The molecule has 5 nitrogen and oxygen atoms in total. The Morgan fingerprint density at radius 1 is 1.54 bits per heavy atom.